The van der Waals surface area contributed by atoms with Gasteiger partial charge in [0.25, 0.3) is 0 Å². The summed E-state index contributed by atoms with van der Waals surface area (Å²) in [5, 5.41) is 3.28. The molecule has 0 radical (unpaired) electrons. The van der Waals surface area contributed by atoms with Crippen LogP contribution < -0.4 is 5.32 Å². The number of carbonyl (C=O) groups is 1. The Hall–Kier alpha value is -0.570. The molecular formula is C8H14N2O. The molecule has 0 unspecified atom stereocenters. The first kappa shape index (κ1) is 7.10. The molecule has 3 nitrogen and oxygen atoms in total. The highest BCUT2D eigenvalue weighted by Crippen LogP contribution is 2.16. The standard InChI is InChI=1S/C8H14N2O/c11-8-2-1-5-10(8)7-3-4-9-6-7/h7,9H,1-6H2/t7-/m0/s1. The number of hydrogen-bond donors (Lipinski definition) is 1. The van der Waals surface area contributed by atoms with Crippen LogP contribution in [0.4, 0.5) is 0 Å². The van der Waals surface area contributed by atoms with Gasteiger partial charge in [-0.15, -0.1) is 0 Å². The monoisotopic (exact) mass is 154 g/mol. The average molecular weight is 154 g/mol. The quantitative estimate of drug-likeness (QED) is 0.575. The molecule has 1 atom stereocenters. The first-order chi connectivity index (χ1) is 5.38. The van der Waals surface area contributed by atoms with Crippen molar-refractivity contribution in [2.45, 2.75) is 25.3 Å². The lowest BCUT2D eigenvalue weighted by atomic mass is 10.2. The number of rotatable bonds is 1. The normalized spacial score (nSPS) is 31.8. The number of amides is 1. The van der Waals surface area contributed by atoms with E-state index in [2.05, 4.69) is 5.32 Å². The van der Waals surface area contributed by atoms with Crippen molar-refractivity contribution in [3.05, 3.63) is 0 Å². The van der Waals surface area contributed by atoms with Crippen LogP contribution in [-0.2, 0) is 4.79 Å². The lowest BCUT2D eigenvalue weighted by molar-refractivity contribution is -0.129. The van der Waals surface area contributed by atoms with Crippen molar-refractivity contribution >= 4 is 5.91 Å². The minimum Gasteiger partial charge on any atom is -0.338 e. The molecule has 1 amide bonds. The molecule has 11 heavy (non-hydrogen) atoms. The molecule has 62 valence electrons. The second-order valence-corrected chi connectivity index (χ2v) is 3.34. The molecule has 0 spiro atoms. The van der Waals surface area contributed by atoms with Gasteiger partial charge < -0.3 is 10.2 Å². The van der Waals surface area contributed by atoms with Crippen molar-refractivity contribution in [1.29, 1.82) is 0 Å². The van der Waals surface area contributed by atoms with E-state index in [9.17, 15) is 4.79 Å². The molecule has 3 heteroatoms. The second kappa shape index (κ2) is 2.81. The maximum Gasteiger partial charge on any atom is 0.222 e. The SMILES string of the molecule is O=C1CCCN1[C@H]1CCNC1. The van der Waals surface area contributed by atoms with E-state index >= 15 is 0 Å². The van der Waals surface area contributed by atoms with E-state index in [1.807, 2.05) is 4.90 Å². The molecule has 2 fully saturated rings. The number of hydrogen-bond acceptors (Lipinski definition) is 2. The van der Waals surface area contributed by atoms with Crippen LogP contribution in [0, 0.1) is 0 Å². The van der Waals surface area contributed by atoms with Crippen LogP contribution in [0.1, 0.15) is 19.3 Å². The van der Waals surface area contributed by atoms with Gasteiger partial charge >= 0.3 is 0 Å². The van der Waals surface area contributed by atoms with Crippen LogP contribution in [-0.4, -0.2) is 36.5 Å². The summed E-state index contributed by atoms with van der Waals surface area (Å²) in [6.45, 7) is 3.07. The fraction of sp³-hybridized carbons (Fsp3) is 0.875. The van der Waals surface area contributed by atoms with Gasteiger partial charge in [0.05, 0.1) is 0 Å². The molecule has 0 bridgehead atoms. The Kier molecular flexibility index (Phi) is 1.82. The Morgan fingerprint density at radius 3 is 3.00 bits per heavy atom. The Bertz CT molecular complexity index is 163. The third kappa shape index (κ3) is 1.25. The highest BCUT2D eigenvalue weighted by molar-refractivity contribution is 5.78. The van der Waals surface area contributed by atoms with Crippen molar-refractivity contribution < 1.29 is 4.79 Å². The molecule has 0 aromatic heterocycles. The summed E-state index contributed by atoms with van der Waals surface area (Å²) in [5.41, 5.74) is 0. The van der Waals surface area contributed by atoms with Gasteiger partial charge in [-0.25, -0.2) is 0 Å². The number of nitrogens with one attached hydrogen (secondary N) is 1. The van der Waals surface area contributed by atoms with Gasteiger partial charge in [-0.3, -0.25) is 4.79 Å². The maximum absolute atomic E-state index is 11.3. The minimum absolute atomic E-state index is 0.360. The third-order valence-electron chi connectivity index (χ3n) is 2.59. The summed E-state index contributed by atoms with van der Waals surface area (Å²) in [6.07, 6.45) is 2.98. The van der Waals surface area contributed by atoms with Crippen molar-refractivity contribution in [1.82, 2.24) is 10.2 Å². The van der Waals surface area contributed by atoms with Crippen molar-refractivity contribution in [3.63, 3.8) is 0 Å². The molecule has 1 N–H and O–H groups in total. The van der Waals surface area contributed by atoms with E-state index in [0.29, 0.717) is 11.9 Å². The summed E-state index contributed by atoms with van der Waals surface area (Å²) in [4.78, 5) is 13.3. The van der Waals surface area contributed by atoms with Gasteiger partial charge in [-0.1, -0.05) is 0 Å². The van der Waals surface area contributed by atoms with Crippen molar-refractivity contribution in [2.24, 2.45) is 0 Å². The molecule has 2 rings (SSSR count). The smallest absolute Gasteiger partial charge is 0.222 e. The van der Waals surface area contributed by atoms with Gasteiger partial charge in [0.2, 0.25) is 5.91 Å². The zero-order valence-electron chi connectivity index (χ0n) is 6.68. The summed E-state index contributed by atoms with van der Waals surface area (Å²) in [5.74, 6) is 0.360. The van der Waals surface area contributed by atoms with E-state index in [-0.39, 0.29) is 0 Å². The molecule has 2 aliphatic heterocycles. The predicted octanol–water partition coefficient (Wildman–Crippen LogP) is -0.0293. The van der Waals surface area contributed by atoms with Crippen LogP contribution in [0.25, 0.3) is 0 Å². The summed E-state index contributed by atoms with van der Waals surface area (Å²) < 4.78 is 0. The Balaban J connectivity index is 1.97. The zero-order valence-corrected chi connectivity index (χ0v) is 6.68. The van der Waals surface area contributed by atoms with Crippen LogP contribution in [0.3, 0.4) is 0 Å². The molecular weight excluding hydrogens is 140 g/mol. The van der Waals surface area contributed by atoms with Crippen molar-refractivity contribution in [3.8, 4) is 0 Å². The van der Waals surface area contributed by atoms with Gasteiger partial charge in [-0.05, 0) is 19.4 Å². The summed E-state index contributed by atoms with van der Waals surface area (Å²) >= 11 is 0. The van der Waals surface area contributed by atoms with Crippen LogP contribution in [0.15, 0.2) is 0 Å². The zero-order chi connectivity index (χ0) is 7.68. The number of carbonyl (C=O) groups excluding carboxylic acids is 1. The number of likely N-dealkylation sites (tertiary alicyclic amines) is 1. The van der Waals surface area contributed by atoms with E-state index < -0.39 is 0 Å². The molecule has 2 heterocycles. The third-order valence-corrected chi connectivity index (χ3v) is 2.59. The Labute approximate surface area is 66.8 Å². The van der Waals surface area contributed by atoms with Gasteiger partial charge in [-0.2, -0.15) is 0 Å². The first-order valence-corrected chi connectivity index (χ1v) is 4.38. The van der Waals surface area contributed by atoms with Crippen LogP contribution in [0.5, 0.6) is 0 Å². The fourth-order valence-electron chi connectivity index (χ4n) is 1.96. The van der Waals surface area contributed by atoms with E-state index in [1.165, 1.54) is 0 Å². The summed E-state index contributed by atoms with van der Waals surface area (Å²) in [7, 11) is 0. The fourth-order valence-corrected chi connectivity index (χ4v) is 1.96. The van der Waals surface area contributed by atoms with E-state index in [0.717, 1.165) is 38.9 Å². The van der Waals surface area contributed by atoms with Crippen LogP contribution >= 0.6 is 0 Å². The molecule has 2 saturated heterocycles. The van der Waals surface area contributed by atoms with Gasteiger partial charge in [0, 0.05) is 25.6 Å². The minimum atomic E-state index is 0.360. The maximum atomic E-state index is 11.3. The van der Waals surface area contributed by atoms with Crippen molar-refractivity contribution in [2.75, 3.05) is 19.6 Å². The second-order valence-electron chi connectivity index (χ2n) is 3.34. The van der Waals surface area contributed by atoms with Crippen LogP contribution in [0.2, 0.25) is 0 Å². The molecule has 0 aromatic carbocycles. The van der Waals surface area contributed by atoms with E-state index in [4.69, 9.17) is 0 Å². The molecule has 2 aliphatic rings. The molecule has 0 aromatic rings. The highest BCUT2D eigenvalue weighted by Gasteiger charge is 2.29. The molecule has 0 saturated carbocycles. The lowest BCUT2D eigenvalue weighted by Crippen LogP contribution is -2.37. The molecule has 0 aliphatic carbocycles. The largest absolute Gasteiger partial charge is 0.338 e. The van der Waals surface area contributed by atoms with E-state index in [1.54, 1.807) is 0 Å². The highest BCUT2D eigenvalue weighted by atomic mass is 16.2. The van der Waals surface area contributed by atoms with Gasteiger partial charge in [0.15, 0.2) is 0 Å². The first-order valence-electron chi connectivity index (χ1n) is 4.38. The average Bonchev–Trinajstić information content (AvgIpc) is 2.55. The number of nitrogens with zero attached hydrogens (tertiary/aromatic N) is 1. The lowest BCUT2D eigenvalue weighted by Gasteiger charge is -2.22. The van der Waals surface area contributed by atoms with Gasteiger partial charge in [0.1, 0.15) is 0 Å². The Morgan fingerprint density at radius 2 is 2.45 bits per heavy atom. The Morgan fingerprint density at radius 1 is 1.55 bits per heavy atom. The summed E-state index contributed by atoms with van der Waals surface area (Å²) in [6, 6.07) is 0.505. The predicted molar refractivity (Wildman–Crippen MR) is 42.2 cm³/mol. The topological polar surface area (TPSA) is 32.3 Å².